The largest absolute Gasteiger partial charge is 0.477 e. The quantitative estimate of drug-likeness (QED) is 0.0891. The Bertz CT molecular complexity index is 604. The van der Waals surface area contributed by atoms with Gasteiger partial charge >= 0.3 is 17.9 Å². The predicted molar refractivity (Wildman–Crippen MR) is 146 cm³/mol. The first kappa shape index (κ1) is 35.3. The molecule has 0 radical (unpaired) electrons. The Morgan fingerprint density at radius 2 is 1.24 bits per heavy atom. The summed E-state index contributed by atoms with van der Waals surface area (Å²) in [5.41, 5.74) is 0. The number of quaternary nitrogens is 1. The number of carbonyl (C=O) groups is 3. The Morgan fingerprint density at radius 3 is 1.70 bits per heavy atom. The number of likely N-dealkylation sites (N-methyl/N-ethyl adjacent to an activating group) is 1. The summed E-state index contributed by atoms with van der Waals surface area (Å²) in [7, 11) is 5.47. The third-order valence-corrected chi connectivity index (χ3v) is 6.56. The van der Waals surface area contributed by atoms with Crippen molar-refractivity contribution in [3.05, 3.63) is 0 Å². The lowest BCUT2D eigenvalue weighted by molar-refractivity contribution is -0.887. The van der Waals surface area contributed by atoms with Crippen molar-refractivity contribution in [2.45, 2.75) is 129 Å². The first-order chi connectivity index (χ1) is 17.6. The van der Waals surface area contributed by atoms with Gasteiger partial charge in [-0.3, -0.25) is 9.59 Å². The fourth-order valence-electron chi connectivity index (χ4n) is 4.19. The summed E-state index contributed by atoms with van der Waals surface area (Å²) in [6.45, 7) is 4.16. The Balaban J connectivity index is 4.13. The van der Waals surface area contributed by atoms with Crippen molar-refractivity contribution >= 4 is 17.9 Å². The van der Waals surface area contributed by atoms with E-state index in [0.29, 0.717) is 12.8 Å². The number of nitrogens with zero attached hydrogens (tertiary/aromatic N) is 1. The molecule has 218 valence electrons. The van der Waals surface area contributed by atoms with Gasteiger partial charge in [0.05, 0.1) is 34.4 Å². The van der Waals surface area contributed by atoms with Crippen LogP contribution in [0.4, 0.5) is 0 Å². The van der Waals surface area contributed by atoms with Gasteiger partial charge in [0.15, 0.2) is 12.1 Å². The third kappa shape index (κ3) is 21.0. The van der Waals surface area contributed by atoms with E-state index in [2.05, 4.69) is 6.92 Å². The van der Waals surface area contributed by atoms with Crippen molar-refractivity contribution in [1.82, 2.24) is 0 Å². The van der Waals surface area contributed by atoms with Gasteiger partial charge in [-0.15, -0.1) is 0 Å². The zero-order chi connectivity index (χ0) is 27.9. The SMILES string of the molecule is CCCCCCCCCCCCCCCC(=O)OC(COCCC(C(=O)O)[N+](C)(C)C)COC(=O)CC. The summed E-state index contributed by atoms with van der Waals surface area (Å²) in [6, 6.07) is -0.602. The van der Waals surface area contributed by atoms with Crippen molar-refractivity contribution in [3.8, 4) is 0 Å². The molecule has 0 bridgehead atoms. The molecule has 0 aliphatic carbocycles. The molecule has 0 aliphatic heterocycles. The van der Waals surface area contributed by atoms with Crippen LogP contribution in [0.25, 0.3) is 0 Å². The minimum atomic E-state index is -0.881. The normalized spacial score (nSPS) is 13.2. The van der Waals surface area contributed by atoms with Crippen LogP contribution in [-0.4, -0.2) is 80.6 Å². The molecule has 0 fully saturated rings. The number of esters is 2. The van der Waals surface area contributed by atoms with Crippen molar-refractivity contribution < 1.29 is 38.2 Å². The molecule has 0 aromatic rings. The van der Waals surface area contributed by atoms with E-state index in [0.717, 1.165) is 19.3 Å². The molecular weight excluding hydrogens is 474 g/mol. The van der Waals surface area contributed by atoms with Gasteiger partial charge in [-0.25, -0.2) is 4.79 Å². The van der Waals surface area contributed by atoms with Crippen LogP contribution >= 0.6 is 0 Å². The standard InChI is InChI=1S/C29H55NO7/c1-6-8-9-10-11-12-13-14-15-16-17-18-19-20-28(32)37-25(24-36-27(31)7-2)23-35-22-21-26(29(33)34)30(3,4)5/h25-26H,6-24H2,1-5H3/p+1. The minimum absolute atomic E-state index is 0.0603. The van der Waals surface area contributed by atoms with Gasteiger partial charge < -0.3 is 23.8 Å². The van der Waals surface area contributed by atoms with E-state index in [4.69, 9.17) is 14.2 Å². The number of ether oxygens (including phenoxy) is 3. The molecule has 1 N–H and O–H groups in total. The van der Waals surface area contributed by atoms with Gasteiger partial charge in [-0.1, -0.05) is 90.9 Å². The van der Waals surface area contributed by atoms with Crippen LogP contribution in [0.3, 0.4) is 0 Å². The van der Waals surface area contributed by atoms with Gasteiger partial charge in [0.2, 0.25) is 0 Å². The number of rotatable bonds is 25. The van der Waals surface area contributed by atoms with Crippen LogP contribution in [0.1, 0.15) is 117 Å². The fourth-order valence-corrected chi connectivity index (χ4v) is 4.19. The Kier molecular flexibility index (Phi) is 21.3. The average Bonchev–Trinajstić information content (AvgIpc) is 2.83. The van der Waals surface area contributed by atoms with E-state index in [9.17, 15) is 19.5 Å². The van der Waals surface area contributed by atoms with E-state index in [1.54, 1.807) is 6.92 Å². The first-order valence-corrected chi connectivity index (χ1v) is 14.6. The molecule has 0 spiro atoms. The summed E-state index contributed by atoms with van der Waals surface area (Å²) in [4.78, 5) is 35.4. The highest BCUT2D eigenvalue weighted by atomic mass is 16.6. The van der Waals surface area contributed by atoms with E-state index in [1.165, 1.54) is 64.2 Å². The molecule has 0 saturated heterocycles. The van der Waals surface area contributed by atoms with Crippen LogP contribution in [-0.2, 0) is 28.6 Å². The van der Waals surface area contributed by atoms with Crippen LogP contribution in [0, 0.1) is 0 Å². The van der Waals surface area contributed by atoms with E-state index >= 15 is 0 Å². The second-order valence-corrected chi connectivity index (χ2v) is 11.0. The molecule has 2 atom stereocenters. The second kappa shape index (κ2) is 22.3. The van der Waals surface area contributed by atoms with Gasteiger partial charge in [-0.2, -0.15) is 0 Å². The molecule has 0 aromatic carbocycles. The molecule has 0 aliphatic rings. The van der Waals surface area contributed by atoms with E-state index in [-0.39, 0.29) is 42.7 Å². The molecule has 2 unspecified atom stereocenters. The lowest BCUT2D eigenvalue weighted by Crippen LogP contribution is -2.50. The summed E-state index contributed by atoms with van der Waals surface area (Å²) in [5.74, 6) is -1.57. The highest BCUT2D eigenvalue weighted by molar-refractivity contribution is 5.72. The summed E-state index contributed by atoms with van der Waals surface area (Å²) >= 11 is 0. The number of unbranched alkanes of at least 4 members (excludes halogenated alkanes) is 12. The zero-order valence-electron chi connectivity index (χ0n) is 24.4. The van der Waals surface area contributed by atoms with Crippen molar-refractivity contribution in [3.63, 3.8) is 0 Å². The van der Waals surface area contributed by atoms with Crippen LogP contribution < -0.4 is 0 Å². The lowest BCUT2D eigenvalue weighted by atomic mass is 10.0. The molecule has 37 heavy (non-hydrogen) atoms. The van der Waals surface area contributed by atoms with Crippen molar-refractivity contribution in [1.29, 1.82) is 0 Å². The smallest absolute Gasteiger partial charge is 0.362 e. The highest BCUT2D eigenvalue weighted by Crippen LogP contribution is 2.14. The summed E-state index contributed by atoms with van der Waals surface area (Å²) < 4.78 is 16.6. The molecule has 0 saturated carbocycles. The first-order valence-electron chi connectivity index (χ1n) is 14.6. The van der Waals surface area contributed by atoms with Crippen LogP contribution in [0.15, 0.2) is 0 Å². The zero-order valence-corrected chi connectivity index (χ0v) is 24.4. The maximum Gasteiger partial charge on any atom is 0.362 e. The van der Waals surface area contributed by atoms with Crippen molar-refractivity contribution in [2.75, 3.05) is 41.0 Å². The van der Waals surface area contributed by atoms with Gasteiger partial charge in [0, 0.05) is 19.3 Å². The summed E-state index contributed by atoms with van der Waals surface area (Å²) in [6.07, 6.45) is 16.3. The van der Waals surface area contributed by atoms with Gasteiger partial charge in [0.1, 0.15) is 6.61 Å². The molecule has 0 aromatic heterocycles. The molecule has 0 amide bonds. The number of hydrogen-bond donors (Lipinski definition) is 1. The van der Waals surface area contributed by atoms with Crippen LogP contribution in [0.2, 0.25) is 0 Å². The average molecular weight is 531 g/mol. The van der Waals surface area contributed by atoms with Gasteiger partial charge in [0.25, 0.3) is 0 Å². The van der Waals surface area contributed by atoms with E-state index in [1.807, 2.05) is 21.1 Å². The van der Waals surface area contributed by atoms with E-state index < -0.39 is 18.1 Å². The number of carbonyl (C=O) groups excluding carboxylic acids is 2. The molecule has 8 nitrogen and oxygen atoms in total. The molecule has 0 heterocycles. The van der Waals surface area contributed by atoms with Gasteiger partial charge in [-0.05, 0) is 6.42 Å². The topological polar surface area (TPSA) is 99.1 Å². The highest BCUT2D eigenvalue weighted by Gasteiger charge is 2.31. The molecule has 8 heteroatoms. The number of aliphatic carboxylic acids is 1. The Morgan fingerprint density at radius 1 is 0.730 bits per heavy atom. The fraction of sp³-hybridized carbons (Fsp3) is 0.897. The predicted octanol–water partition coefficient (Wildman–Crippen LogP) is 5.90. The number of carboxylic acids is 1. The molecular formula is C29H56NO7+. The van der Waals surface area contributed by atoms with Crippen molar-refractivity contribution in [2.24, 2.45) is 0 Å². The minimum Gasteiger partial charge on any atom is -0.477 e. The maximum absolute atomic E-state index is 12.3. The Hall–Kier alpha value is -1.67. The number of carboxylic acid groups (broad SMARTS) is 1. The number of hydrogen-bond acceptors (Lipinski definition) is 6. The third-order valence-electron chi connectivity index (χ3n) is 6.56. The second-order valence-electron chi connectivity index (χ2n) is 11.0. The summed E-state index contributed by atoms with van der Waals surface area (Å²) in [5, 5.41) is 9.43. The maximum atomic E-state index is 12.3. The Labute approximate surface area is 226 Å². The molecule has 0 rings (SSSR count). The lowest BCUT2D eigenvalue weighted by Gasteiger charge is -2.31. The monoisotopic (exact) mass is 530 g/mol. The van der Waals surface area contributed by atoms with Crippen LogP contribution in [0.5, 0.6) is 0 Å².